The molecule has 3 aliphatic heterocycles. The molecule has 1 spiro atoms. The van der Waals surface area contributed by atoms with E-state index < -0.39 is 19.8 Å². The number of carbonyl (C=O) groups is 4. The molecule has 0 aliphatic carbocycles. The number of hydrogen-bond donors (Lipinski definition) is 2. The van der Waals surface area contributed by atoms with Crippen LogP contribution < -0.4 is 24.9 Å². The number of fused-ring (bicyclic) bond motifs is 2. The quantitative estimate of drug-likeness (QED) is 0.128. The van der Waals surface area contributed by atoms with Crippen LogP contribution >= 0.6 is 0 Å². The summed E-state index contributed by atoms with van der Waals surface area (Å²) in [6, 6.07) is 20.1. The normalized spacial score (nSPS) is 23.2. The van der Waals surface area contributed by atoms with Gasteiger partial charge in [0.25, 0.3) is 11.8 Å². The Labute approximate surface area is 324 Å². The van der Waals surface area contributed by atoms with Crippen molar-refractivity contribution < 1.29 is 43.2 Å². The first-order valence-electron chi connectivity index (χ1n) is 19.1. The maximum Gasteiger partial charge on any atom is 0.305 e. The van der Waals surface area contributed by atoms with Crippen LogP contribution in [0.2, 0.25) is 18.6 Å². The summed E-state index contributed by atoms with van der Waals surface area (Å²) in [5.41, 5.74) is 0.617. The highest BCUT2D eigenvalue weighted by Gasteiger charge is 2.66. The molecule has 2 fully saturated rings. The molecule has 12 nitrogen and oxygen atoms in total. The third-order valence-corrected chi connectivity index (χ3v) is 16.3. The van der Waals surface area contributed by atoms with Crippen LogP contribution in [0.3, 0.4) is 0 Å². The Morgan fingerprint density at radius 3 is 2.27 bits per heavy atom. The van der Waals surface area contributed by atoms with Crippen LogP contribution in [-0.4, -0.2) is 94.9 Å². The highest BCUT2D eigenvalue weighted by atomic mass is 28.3. The zero-order valence-electron chi connectivity index (χ0n) is 32.6. The first-order chi connectivity index (χ1) is 26.4. The van der Waals surface area contributed by atoms with E-state index in [9.17, 15) is 19.5 Å². The molecular formula is C42H53N3O9Si. The SMILES string of the molecule is COC(=O)CCCCN1C(=O)[C@]2(O[C@H](CC(=O)N3CCC[C@H]3CO)[C@@H]([Si](C)(C)c3ccc(OC)cc3)[C@@H]2C)c2cc(NC(=O)c3ccc(OC)cc3)ccc21. The van der Waals surface area contributed by atoms with Crippen molar-refractivity contribution in [3.05, 3.63) is 77.9 Å². The molecule has 2 N–H and O–H groups in total. The molecule has 6 rings (SSSR count). The van der Waals surface area contributed by atoms with Crippen LogP contribution in [0.4, 0.5) is 11.4 Å². The summed E-state index contributed by atoms with van der Waals surface area (Å²) in [5.74, 6) is 0.0518. The van der Waals surface area contributed by atoms with Gasteiger partial charge in [0, 0.05) is 42.2 Å². The van der Waals surface area contributed by atoms with E-state index in [0.717, 1.165) is 23.8 Å². The minimum Gasteiger partial charge on any atom is -0.497 e. The van der Waals surface area contributed by atoms with Crippen molar-refractivity contribution in [1.29, 1.82) is 0 Å². The topological polar surface area (TPSA) is 144 Å². The molecule has 3 heterocycles. The van der Waals surface area contributed by atoms with Crippen LogP contribution in [0.25, 0.3) is 0 Å². The van der Waals surface area contributed by atoms with E-state index in [2.05, 4.69) is 37.5 Å². The lowest BCUT2D eigenvalue weighted by molar-refractivity contribution is -0.150. The van der Waals surface area contributed by atoms with Crippen molar-refractivity contribution in [2.75, 3.05) is 51.2 Å². The van der Waals surface area contributed by atoms with Gasteiger partial charge in [-0.05, 0) is 85.8 Å². The molecule has 0 bridgehead atoms. The van der Waals surface area contributed by atoms with Crippen molar-refractivity contribution in [1.82, 2.24) is 4.90 Å². The minimum absolute atomic E-state index is 0.0650. The molecule has 3 aliphatic rings. The van der Waals surface area contributed by atoms with Gasteiger partial charge in [-0.2, -0.15) is 0 Å². The number of methoxy groups -OCH3 is 3. The second-order valence-electron chi connectivity index (χ2n) is 15.3. The van der Waals surface area contributed by atoms with Gasteiger partial charge in [0.15, 0.2) is 5.60 Å². The lowest BCUT2D eigenvalue weighted by atomic mass is 9.82. The number of aliphatic hydroxyl groups excluding tert-OH is 1. The lowest BCUT2D eigenvalue weighted by Gasteiger charge is -2.37. The summed E-state index contributed by atoms with van der Waals surface area (Å²) in [5, 5.41) is 14.2. The number of unbranched alkanes of at least 4 members (excludes halogenated alkanes) is 1. The Morgan fingerprint density at radius 1 is 0.964 bits per heavy atom. The second-order valence-corrected chi connectivity index (χ2v) is 20.0. The molecule has 0 radical (unpaired) electrons. The van der Waals surface area contributed by atoms with E-state index in [4.69, 9.17) is 18.9 Å². The number of benzene rings is 3. The van der Waals surface area contributed by atoms with Crippen LogP contribution in [-0.2, 0) is 29.5 Å². The van der Waals surface area contributed by atoms with Gasteiger partial charge < -0.3 is 39.2 Å². The number of nitrogens with one attached hydrogen (secondary N) is 1. The molecular weight excluding hydrogens is 719 g/mol. The molecule has 2 saturated heterocycles. The van der Waals surface area contributed by atoms with E-state index in [0.29, 0.717) is 54.2 Å². The van der Waals surface area contributed by atoms with Crippen LogP contribution in [0.15, 0.2) is 66.7 Å². The van der Waals surface area contributed by atoms with Gasteiger partial charge >= 0.3 is 5.97 Å². The lowest BCUT2D eigenvalue weighted by Crippen LogP contribution is -2.52. The largest absolute Gasteiger partial charge is 0.497 e. The van der Waals surface area contributed by atoms with Crippen LogP contribution in [0, 0.1) is 5.92 Å². The van der Waals surface area contributed by atoms with Crippen molar-refractivity contribution in [2.45, 2.75) is 81.8 Å². The number of nitrogens with zero attached hydrogens (tertiary/aromatic N) is 2. The highest BCUT2D eigenvalue weighted by Crippen LogP contribution is 2.60. The summed E-state index contributed by atoms with van der Waals surface area (Å²) in [6.07, 6.45) is 2.33. The highest BCUT2D eigenvalue weighted by molar-refractivity contribution is 6.91. The van der Waals surface area contributed by atoms with Gasteiger partial charge in [-0.1, -0.05) is 37.3 Å². The third-order valence-electron chi connectivity index (χ3n) is 12.0. The number of anilines is 2. The molecule has 55 heavy (non-hydrogen) atoms. The number of carbonyl (C=O) groups excluding carboxylic acids is 4. The Hall–Kier alpha value is -4.72. The number of esters is 1. The molecule has 5 atom stereocenters. The van der Waals surface area contributed by atoms with Crippen molar-refractivity contribution in [2.24, 2.45) is 5.92 Å². The average Bonchev–Trinajstić information content (AvgIpc) is 3.86. The molecule has 0 unspecified atom stereocenters. The summed E-state index contributed by atoms with van der Waals surface area (Å²) >= 11 is 0. The number of ether oxygens (including phenoxy) is 4. The van der Waals surface area contributed by atoms with Crippen LogP contribution in [0.5, 0.6) is 11.5 Å². The second kappa shape index (κ2) is 16.6. The van der Waals surface area contributed by atoms with E-state index in [1.54, 1.807) is 54.4 Å². The smallest absolute Gasteiger partial charge is 0.305 e. The number of hydrogen-bond acceptors (Lipinski definition) is 9. The monoisotopic (exact) mass is 771 g/mol. The fraction of sp³-hybridized carbons (Fsp3) is 0.476. The first kappa shape index (κ1) is 40.0. The predicted octanol–water partition coefficient (Wildman–Crippen LogP) is 5.24. The first-order valence-corrected chi connectivity index (χ1v) is 22.2. The minimum atomic E-state index is -2.55. The zero-order valence-corrected chi connectivity index (χ0v) is 33.6. The predicted molar refractivity (Wildman–Crippen MR) is 212 cm³/mol. The van der Waals surface area contributed by atoms with Crippen molar-refractivity contribution >= 4 is 48.3 Å². The number of likely N-dealkylation sites (tertiary alicyclic amines) is 1. The van der Waals surface area contributed by atoms with E-state index in [1.165, 1.54) is 7.11 Å². The van der Waals surface area contributed by atoms with Crippen molar-refractivity contribution in [3.63, 3.8) is 0 Å². The molecule has 294 valence electrons. The van der Waals surface area contributed by atoms with E-state index in [1.807, 2.05) is 24.3 Å². The average molecular weight is 772 g/mol. The zero-order chi connectivity index (χ0) is 39.5. The number of aliphatic hydroxyl groups is 1. The van der Waals surface area contributed by atoms with E-state index >= 15 is 4.79 Å². The van der Waals surface area contributed by atoms with Gasteiger partial charge in [0.05, 0.1) is 60.3 Å². The number of amides is 3. The van der Waals surface area contributed by atoms with Gasteiger partial charge in [0.2, 0.25) is 5.91 Å². The summed E-state index contributed by atoms with van der Waals surface area (Å²) in [6.45, 7) is 7.40. The summed E-state index contributed by atoms with van der Waals surface area (Å²) < 4.78 is 22.8. The Bertz CT molecular complexity index is 1890. The van der Waals surface area contributed by atoms with Gasteiger partial charge in [0.1, 0.15) is 11.5 Å². The number of rotatable bonds is 14. The van der Waals surface area contributed by atoms with Crippen molar-refractivity contribution in [3.8, 4) is 11.5 Å². The fourth-order valence-electron chi connectivity index (χ4n) is 9.04. The molecule has 3 amide bonds. The molecule has 13 heteroatoms. The van der Waals surface area contributed by atoms with Crippen LogP contribution in [0.1, 0.15) is 61.4 Å². The maximum absolute atomic E-state index is 15.2. The third kappa shape index (κ3) is 7.61. The van der Waals surface area contributed by atoms with Gasteiger partial charge in [-0.25, -0.2) is 0 Å². The fourth-order valence-corrected chi connectivity index (χ4v) is 13.1. The Balaban J connectivity index is 1.41. The molecule has 3 aromatic carbocycles. The van der Waals surface area contributed by atoms with Gasteiger partial charge in [-0.3, -0.25) is 19.2 Å². The molecule has 0 aromatic heterocycles. The molecule has 3 aromatic rings. The Kier molecular flexibility index (Phi) is 12.0. The maximum atomic E-state index is 15.2. The summed E-state index contributed by atoms with van der Waals surface area (Å²) in [7, 11) is 2.01. The standard InChI is InChI=1S/C42H53N3O9Si/c1-27-39(55(5,6)33-19-17-32(52-3)18-20-33)36(25-37(47)44-23-9-10-30(44)26-46)54-42(27)34-24-29(43-40(49)28-12-15-31(51-2)16-13-28)14-21-35(34)45(41(42)50)22-8-7-11-38(48)53-4/h12-21,24,27,30,36,39,46H,7-11,22-23,25-26H2,1-6H3,(H,43,49)/t27-,30-,36+,39-,42+/m0/s1. The van der Waals surface area contributed by atoms with E-state index in [-0.39, 0.29) is 60.6 Å². The van der Waals surface area contributed by atoms with Gasteiger partial charge in [-0.15, -0.1) is 0 Å². The summed E-state index contributed by atoms with van der Waals surface area (Å²) in [4.78, 5) is 58.1. The Morgan fingerprint density at radius 2 is 1.64 bits per heavy atom. The molecule has 0 saturated carbocycles.